The van der Waals surface area contributed by atoms with Crippen molar-refractivity contribution in [2.45, 2.75) is 19.4 Å². The fourth-order valence-electron chi connectivity index (χ4n) is 3.14. The second-order valence-corrected chi connectivity index (χ2v) is 6.43. The predicted octanol–water partition coefficient (Wildman–Crippen LogP) is 3.02. The average Bonchev–Trinajstić information content (AvgIpc) is 3.08. The van der Waals surface area contributed by atoms with Gasteiger partial charge in [0.1, 0.15) is 0 Å². The number of carbonyl (C=O) groups is 3. The number of rotatable bonds is 6. The van der Waals surface area contributed by atoms with Crippen LogP contribution in [0.2, 0.25) is 0 Å². The van der Waals surface area contributed by atoms with Crippen molar-refractivity contribution >= 4 is 17.7 Å². The summed E-state index contributed by atoms with van der Waals surface area (Å²) in [6, 6.07) is 18.3. The molecule has 0 saturated carbocycles. The fourth-order valence-corrected chi connectivity index (χ4v) is 3.14. The van der Waals surface area contributed by atoms with Crippen molar-refractivity contribution in [2.24, 2.45) is 5.92 Å². The molecule has 0 aromatic heterocycles. The van der Waals surface area contributed by atoms with Crippen molar-refractivity contribution in [3.63, 3.8) is 0 Å². The molecule has 1 heterocycles. The van der Waals surface area contributed by atoms with Gasteiger partial charge in [0.2, 0.25) is 5.91 Å². The Balaban J connectivity index is 1.56. The first-order valence-corrected chi connectivity index (χ1v) is 8.65. The number of benzene rings is 2. The highest BCUT2D eigenvalue weighted by Gasteiger charge is 2.38. The van der Waals surface area contributed by atoms with E-state index >= 15 is 0 Å². The molecular weight excluding hydrogens is 330 g/mol. The molecule has 1 amide bonds. The summed E-state index contributed by atoms with van der Waals surface area (Å²) in [6.07, 6.45) is 0.121. The maximum absolute atomic E-state index is 12.3. The average molecular weight is 351 g/mol. The summed E-state index contributed by atoms with van der Waals surface area (Å²) in [6.45, 7) is 1.95. The Morgan fingerprint density at radius 3 is 2.35 bits per heavy atom. The van der Waals surface area contributed by atoms with Gasteiger partial charge in [0.05, 0.1) is 12.0 Å². The molecule has 5 heteroatoms. The van der Waals surface area contributed by atoms with Crippen molar-refractivity contribution < 1.29 is 19.1 Å². The van der Waals surface area contributed by atoms with E-state index in [0.717, 1.165) is 5.56 Å². The van der Waals surface area contributed by atoms with Crippen molar-refractivity contribution in [3.05, 3.63) is 71.8 Å². The lowest BCUT2D eigenvalue weighted by molar-refractivity contribution is -0.147. The van der Waals surface area contributed by atoms with Gasteiger partial charge >= 0.3 is 5.97 Å². The predicted molar refractivity (Wildman–Crippen MR) is 96.4 cm³/mol. The number of ketones is 1. The van der Waals surface area contributed by atoms with Gasteiger partial charge in [-0.05, 0) is 12.5 Å². The first-order chi connectivity index (χ1) is 12.6. The number of carbonyl (C=O) groups excluding carboxylic acids is 3. The number of ether oxygens (including phenoxy) is 1. The third-order valence-corrected chi connectivity index (χ3v) is 4.68. The highest BCUT2D eigenvalue weighted by Crippen LogP contribution is 2.29. The molecule has 0 spiro atoms. The SMILES string of the molecule is C[C@@H](c1ccccc1)N1C[C@H](C(=O)OCC(=O)c2ccccc2)CC1=O. The normalized spacial score (nSPS) is 17.8. The van der Waals surface area contributed by atoms with Crippen molar-refractivity contribution in [1.29, 1.82) is 0 Å². The van der Waals surface area contributed by atoms with Crippen LogP contribution in [0.3, 0.4) is 0 Å². The third kappa shape index (κ3) is 3.99. The lowest BCUT2D eigenvalue weighted by Crippen LogP contribution is -2.30. The minimum Gasteiger partial charge on any atom is -0.457 e. The number of nitrogens with zero attached hydrogens (tertiary/aromatic N) is 1. The van der Waals surface area contributed by atoms with Crippen LogP contribution < -0.4 is 0 Å². The maximum Gasteiger partial charge on any atom is 0.311 e. The Labute approximate surface area is 152 Å². The Kier molecular flexibility index (Phi) is 5.46. The van der Waals surface area contributed by atoms with E-state index in [2.05, 4.69) is 0 Å². The molecule has 0 unspecified atom stereocenters. The number of esters is 1. The minimum absolute atomic E-state index is 0.0716. The molecule has 2 aromatic carbocycles. The summed E-state index contributed by atoms with van der Waals surface area (Å²) < 4.78 is 5.16. The lowest BCUT2D eigenvalue weighted by Gasteiger charge is -2.25. The van der Waals surface area contributed by atoms with Crippen LogP contribution in [0.5, 0.6) is 0 Å². The zero-order chi connectivity index (χ0) is 18.5. The Morgan fingerprint density at radius 2 is 1.69 bits per heavy atom. The van der Waals surface area contributed by atoms with E-state index < -0.39 is 11.9 Å². The van der Waals surface area contributed by atoms with E-state index in [1.807, 2.05) is 43.3 Å². The molecule has 2 aromatic rings. The summed E-state index contributed by atoms with van der Waals surface area (Å²) in [7, 11) is 0. The van der Waals surface area contributed by atoms with Gasteiger partial charge in [0.25, 0.3) is 0 Å². The molecule has 2 atom stereocenters. The van der Waals surface area contributed by atoms with Crippen LogP contribution in [0.4, 0.5) is 0 Å². The van der Waals surface area contributed by atoms with Gasteiger partial charge in [0, 0.05) is 18.5 Å². The van der Waals surface area contributed by atoms with E-state index in [0.29, 0.717) is 12.1 Å². The summed E-state index contributed by atoms with van der Waals surface area (Å²) in [4.78, 5) is 38.3. The maximum atomic E-state index is 12.3. The number of amides is 1. The van der Waals surface area contributed by atoms with Crippen molar-refractivity contribution in [1.82, 2.24) is 4.90 Å². The summed E-state index contributed by atoms with van der Waals surface area (Å²) >= 11 is 0. The van der Waals surface area contributed by atoms with Crippen LogP contribution >= 0.6 is 0 Å². The quantitative estimate of drug-likeness (QED) is 0.593. The van der Waals surface area contributed by atoms with E-state index in [4.69, 9.17) is 4.74 Å². The number of hydrogen-bond donors (Lipinski definition) is 0. The standard InChI is InChI=1S/C21H21NO4/c1-15(16-8-4-2-5-9-16)22-13-18(12-20(22)24)21(25)26-14-19(23)17-10-6-3-7-11-17/h2-11,15,18H,12-14H2,1H3/t15-,18+/m0/s1. The molecule has 1 saturated heterocycles. The lowest BCUT2D eigenvalue weighted by atomic mass is 10.1. The van der Waals surface area contributed by atoms with Gasteiger partial charge in [-0.1, -0.05) is 60.7 Å². The Bertz CT molecular complexity index is 788. The van der Waals surface area contributed by atoms with Crippen LogP contribution in [0.25, 0.3) is 0 Å². The van der Waals surface area contributed by atoms with E-state index in [-0.39, 0.29) is 30.8 Å². The monoisotopic (exact) mass is 351 g/mol. The molecule has 0 N–H and O–H groups in total. The largest absolute Gasteiger partial charge is 0.457 e. The highest BCUT2D eigenvalue weighted by atomic mass is 16.5. The van der Waals surface area contributed by atoms with E-state index in [1.54, 1.807) is 29.2 Å². The molecule has 0 bridgehead atoms. The smallest absolute Gasteiger partial charge is 0.311 e. The Morgan fingerprint density at radius 1 is 1.08 bits per heavy atom. The molecule has 0 radical (unpaired) electrons. The molecule has 1 aliphatic rings. The molecule has 1 aliphatic heterocycles. The molecule has 134 valence electrons. The number of Topliss-reactive ketones (excluding diaryl/α,β-unsaturated/α-hetero) is 1. The third-order valence-electron chi connectivity index (χ3n) is 4.68. The summed E-state index contributed by atoms with van der Waals surface area (Å²) in [5.41, 5.74) is 1.52. The summed E-state index contributed by atoms with van der Waals surface area (Å²) in [5, 5.41) is 0. The van der Waals surface area contributed by atoms with Gasteiger partial charge < -0.3 is 9.64 Å². The molecule has 26 heavy (non-hydrogen) atoms. The number of hydrogen-bond acceptors (Lipinski definition) is 4. The molecule has 1 fully saturated rings. The molecular formula is C21H21NO4. The summed E-state index contributed by atoms with van der Waals surface area (Å²) in [5.74, 6) is -1.35. The van der Waals surface area contributed by atoms with Crippen molar-refractivity contribution in [3.8, 4) is 0 Å². The van der Waals surface area contributed by atoms with E-state index in [9.17, 15) is 14.4 Å². The first-order valence-electron chi connectivity index (χ1n) is 8.65. The second-order valence-electron chi connectivity index (χ2n) is 6.43. The second kappa shape index (κ2) is 7.95. The van der Waals surface area contributed by atoms with Crippen LogP contribution in [0.1, 0.15) is 35.3 Å². The van der Waals surface area contributed by atoms with Crippen LogP contribution in [-0.2, 0) is 14.3 Å². The first kappa shape index (κ1) is 17.9. The molecule has 5 nitrogen and oxygen atoms in total. The zero-order valence-corrected chi connectivity index (χ0v) is 14.6. The highest BCUT2D eigenvalue weighted by molar-refractivity contribution is 5.98. The fraction of sp³-hybridized carbons (Fsp3) is 0.286. The molecule has 0 aliphatic carbocycles. The van der Waals surface area contributed by atoms with Crippen molar-refractivity contribution in [2.75, 3.05) is 13.2 Å². The van der Waals surface area contributed by atoms with Crippen LogP contribution in [-0.4, -0.2) is 35.7 Å². The van der Waals surface area contributed by atoms with Gasteiger partial charge in [-0.15, -0.1) is 0 Å². The van der Waals surface area contributed by atoms with Gasteiger partial charge in [-0.3, -0.25) is 14.4 Å². The van der Waals surface area contributed by atoms with Gasteiger partial charge in [0.15, 0.2) is 12.4 Å². The van der Waals surface area contributed by atoms with Crippen LogP contribution in [0.15, 0.2) is 60.7 Å². The van der Waals surface area contributed by atoms with Gasteiger partial charge in [-0.25, -0.2) is 0 Å². The van der Waals surface area contributed by atoms with Gasteiger partial charge in [-0.2, -0.15) is 0 Å². The number of likely N-dealkylation sites (tertiary alicyclic amines) is 1. The van der Waals surface area contributed by atoms with Crippen LogP contribution in [0, 0.1) is 5.92 Å². The Hall–Kier alpha value is -2.95. The zero-order valence-electron chi connectivity index (χ0n) is 14.6. The topological polar surface area (TPSA) is 63.7 Å². The molecule has 3 rings (SSSR count). The minimum atomic E-state index is -0.530. The van der Waals surface area contributed by atoms with E-state index in [1.165, 1.54) is 0 Å².